The van der Waals surface area contributed by atoms with Crippen LogP contribution in [0.3, 0.4) is 0 Å². The van der Waals surface area contributed by atoms with Gasteiger partial charge in [-0.2, -0.15) is 11.8 Å². The first-order valence-electron chi connectivity index (χ1n) is 6.45. The maximum absolute atomic E-state index is 12.1. The summed E-state index contributed by atoms with van der Waals surface area (Å²) in [6, 6.07) is 6.74. The van der Waals surface area contributed by atoms with Gasteiger partial charge in [-0.3, -0.25) is 0 Å². The quantitative estimate of drug-likeness (QED) is 0.870. The summed E-state index contributed by atoms with van der Waals surface area (Å²) in [5, 5.41) is 11.7. The Kier molecular flexibility index (Phi) is 4.89. The zero-order chi connectivity index (χ0) is 14.5. The van der Waals surface area contributed by atoms with Gasteiger partial charge >= 0.3 is 12.0 Å². The molecule has 0 bridgehead atoms. The molecule has 0 spiro atoms. The minimum Gasteiger partial charge on any atom is -0.480 e. The van der Waals surface area contributed by atoms with Gasteiger partial charge in [0.2, 0.25) is 0 Å². The fourth-order valence-corrected chi connectivity index (χ4v) is 2.68. The van der Waals surface area contributed by atoms with E-state index in [2.05, 4.69) is 5.32 Å². The zero-order valence-corrected chi connectivity index (χ0v) is 12.2. The number of thioether (sulfide) groups is 1. The number of nitrogens with zero attached hydrogens (tertiary/aromatic N) is 1. The Morgan fingerprint density at radius 1 is 1.35 bits per heavy atom. The monoisotopic (exact) mass is 294 g/mol. The number of carbonyl (C=O) groups is 2. The van der Waals surface area contributed by atoms with Gasteiger partial charge in [-0.05, 0) is 29.6 Å². The summed E-state index contributed by atoms with van der Waals surface area (Å²) in [5.41, 5.74) is 2.25. The Hall–Kier alpha value is -1.69. The number of rotatable bonds is 5. The number of urea groups is 1. The lowest BCUT2D eigenvalue weighted by Crippen LogP contribution is -2.46. The summed E-state index contributed by atoms with van der Waals surface area (Å²) in [6.07, 6.45) is 2.35. The van der Waals surface area contributed by atoms with Crippen LogP contribution in [0.1, 0.15) is 17.5 Å². The van der Waals surface area contributed by atoms with E-state index >= 15 is 0 Å². The Labute approximate surface area is 122 Å². The Bertz CT molecular complexity index is 482. The highest BCUT2D eigenvalue weighted by Gasteiger charge is 2.26. The number of hydrogen-bond donors (Lipinski definition) is 2. The Morgan fingerprint density at radius 2 is 1.95 bits per heavy atom. The minimum absolute atomic E-state index is 0.310. The Morgan fingerprint density at radius 3 is 2.45 bits per heavy atom. The molecule has 1 atom stereocenters. The van der Waals surface area contributed by atoms with E-state index in [1.165, 1.54) is 0 Å². The van der Waals surface area contributed by atoms with Crippen LogP contribution in [0.4, 0.5) is 4.79 Å². The predicted octanol–water partition coefficient (Wildman–Crippen LogP) is 1.92. The van der Waals surface area contributed by atoms with Gasteiger partial charge in [0.15, 0.2) is 0 Å². The molecule has 0 radical (unpaired) electrons. The lowest BCUT2D eigenvalue weighted by atomic mass is 10.1. The van der Waals surface area contributed by atoms with Crippen LogP contribution in [-0.2, 0) is 17.9 Å². The van der Waals surface area contributed by atoms with E-state index in [1.54, 1.807) is 16.7 Å². The molecule has 5 nitrogen and oxygen atoms in total. The topological polar surface area (TPSA) is 69.6 Å². The van der Waals surface area contributed by atoms with Crippen LogP contribution >= 0.6 is 11.8 Å². The molecule has 0 saturated heterocycles. The number of aliphatic carboxylic acids is 1. The van der Waals surface area contributed by atoms with E-state index in [0.717, 1.165) is 11.1 Å². The van der Waals surface area contributed by atoms with Gasteiger partial charge in [-0.25, -0.2) is 9.59 Å². The first-order chi connectivity index (χ1) is 9.61. The maximum Gasteiger partial charge on any atom is 0.326 e. The molecule has 0 aliphatic carbocycles. The fourth-order valence-electron chi connectivity index (χ4n) is 2.21. The number of amides is 2. The first-order valence-corrected chi connectivity index (χ1v) is 7.85. The molecule has 0 fully saturated rings. The number of hydrogen-bond acceptors (Lipinski definition) is 3. The van der Waals surface area contributed by atoms with Gasteiger partial charge in [0.1, 0.15) is 6.04 Å². The molecule has 0 aromatic heterocycles. The average molecular weight is 294 g/mol. The second kappa shape index (κ2) is 6.65. The molecule has 20 heavy (non-hydrogen) atoms. The number of nitrogens with one attached hydrogen (secondary N) is 1. The van der Waals surface area contributed by atoms with Crippen LogP contribution in [-0.4, -0.2) is 40.1 Å². The highest BCUT2D eigenvalue weighted by Crippen LogP contribution is 2.22. The molecule has 1 aromatic rings. The largest absolute Gasteiger partial charge is 0.480 e. The van der Waals surface area contributed by atoms with Gasteiger partial charge in [-0.15, -0.1) is 0 Å². The fraction of sp³-hybridized carbons (Fsp3) is 0.429. The summed E-state index contributed by atoms with van der Waals surface area (Å²) < 4.78 is 0. The molecule has 6 heteroatoms. The van der Waals surface area contributed by atoms with Gasteiger partial charge in [0.05, 0.1) is 0 Å². The molecule has 2 amide bonds. The van der Waals surface area contributed by atoms with Crippen LogP contribution in [0.5, 0.6) is 0 Å². The van der Waals surface area contributed by atoms with Crippen molar-refractivity contribution >= 4 is 23.8 Å². The number of fused-ring (bicyclic) bond motifs is 1. The van der Waals surface area contributed by atoms with Crippen LogP contribution < -0.4 is 5.32 Å². The minimum atomic E-state index is -0.982. The van der Waals surface area contributed by atoms with E-state index < -0.39 is 12.0 Å². The van der Waals surface area contributed by atoms with Crippen LogP contribution in [0, 0.1) is 0 Å². The number of benzene rings is 1. The van der Waals surface area contributed by atoms with Crippen molar-refractivity contribution in [3.63, 3.8) is 0 Å². The van der Waals surface area contributed by atoms with Crippen molar-refractivity contribution in [1.29, 1.82) is 0 Å². The molecule has 1 aliphatic rings. The van der Waals surface area contributed by atoms with Gasteiger partial charge in [0, 0.05) is 13.1 Å². The summed E-state index contributed by atoms with van der Waals surface area (Å²) in [6.45, 7) is 1.08. The van der Waals surface area contributed by atoms with E-state index in [1.807, 2.05) is 30.5 Å². The normalized spacial score (nSPS) is 14.8. The van der Waals surface area contributed by atoms with E-state index in [0.29, 0.717) is 25.3 Å². The lowest BCUT2D eigenvalue weighted by Gasteiger charge is -2.20. The Balaban J connectivity index is 1.94. The van der Waals surface area contributed by atoms with E-state index in [4.69, 9.17) is 5.11 Å². The third-order valence-electron chi connectivity index (χ3n) is 3.33. The van der Waals surface area contributed by atoms with Crippen molar-refractivity contribution < 1.29 is 14.7 Å². The molecule has 1 unspecified atom stereocenters. The molecule has 1 aromatic carbocycles. The van der Waals surface area contributed by atoms with Crippen molar-refractivity contribution in [1.82, 2.24) is 10.2 Å². The van der Waals surface area contributed by atoms with E-state index in [-0.39, 0.29) is 6.03 Å². The second-order valence-corrected chi connectivity index (χ2v) is 5.73. The lowest BCUT2D eigenvalue weighted by molar-refractivity contribution is -0.139. The second-order valence-electron chi connectivity index (χ2n) is 4.75. The molecule has 0 saturated carbocycles. The number of carboxylic acids is 1. The molecule has 2 N–H and O–H groups in total. The highest BCUT2D eigenvalue weighted by molar-refractivity contribution is 7.98. The highest BCUT2D eigenvalue weighted by atomic mass is 32.2. The molecular formula is C14H18N2O3S. The van der Waals surface area contributed by atoms with Gasteiger partial charge in [0.25, 0.3) is 0 Å². The van der Waals surface area contributed by atoms with Crippen molar-refractivity contribution in [3.05, 3.63) is 35.4 Å². The first kappa shape index (κ1) is 14.7. The van der Waals surface area contributed by atoms with Gasteiger partial charge < -0.3 is 15.3 Å². The van der Waals surface area contributed by atoms with E-state index in [9.17, 15) is 9.59 Å². The predicted molar refractivity (Wildman–Crippen MR) is 78.6 cm³/mol. The maximum atomic E-state index is 12.1. The molecular weight excluding hydrogens is 276 g/mol. The summed E-state index contributed by atoms with van der Waals surface area (Å²) in [5.74, 6) is -0.276. The van der Waals surface area contributed by atoms with Crippen molar-refractivity contribution in [3.8, 4) is 0 Å². The molecule has 1 heterocycles. The molecule has 1 aliphatic heterocycles. The number of carbonyl (C=O) groups excluding carboxylic acids is 1. The van der Waals surface area contributed by atoms with Crippen LogP contribution in [0.25, 0.3) is 0 Å². The number of carboxylic acid groups (broad SMARTS) is 1. The SMILES string of the molecule is CSCCC(NC(=O)N1Cc2ccccc2C1)C(=O)O. The summed E-state index contributed by atoms with van der Waals surface area (Å²) in [7, 11) is 0. The summed E-state index contributed by atoms with van der Waals surface area (Å²) >= 11 is 1.57. The standard InChI is InChI=1S/C14H18N2O3S/c1-20-7-6-12(13(17)18)15-14(19)16-8-10-4-2-3-5-11(10)9-16/h2-5,12H,6-9H2,1H3,(H,15,19)(H,17,18). The smallest absolute Gasteiger partial charge is 0.326 e. The summed E-state index contributed by atoms with van der Waals surface area (Å²) in [4.78, 5) is 24.9. The molecule has 2 rings (SSSR count). The third kappa shape index (κ3) is 3.45. The van der Waals surface area contributed by atoms with Crippen molar-refractivity contribution in [2.75, 3.05) is 12.0 Å². The van der Waals surface area contributed by atoms with Crippen molar-refractivity contribution in [2.24, 2.45) is 0 Å². The van der Waals surface area contributed by atoms with Gasteiger partial charge in [-0.1, -0.05) is 24.3 Å². The zero-order valence-electron chi connectivity index (χ0n) is 11.3. The van der Waals surface area contributed by atoms with Crippen molar-refractivity contribution in [2.45, 2.75) is 25.6 Å². The average Bonchev–Trinajstić information content (AvgIpc) is 2.86. The van der Waals surface area contributed by atoms with Crippen LogP contribution in [0.2, 0.25) is 0 Å². The van der Waals surface area contributed by atoms with Crippen LogP contribution in [0.15, 0.2) is 24.3 Å². The molecule has 108 valence electrons. The third-order valence-corrected chi connectivity index (χ3v) is 3.98.